The Morgan fingerprint density at radius 3 is 2.70 bits per heavy atom. The summed E-state index contributed by atoms with van der Waals surface area (Å²) in [6.45, 7) is 3.00. The Hall–Kier alpha value is -1.94. The van der Waals surface area contributed by atoms with Crippen molar-refractivity contribution in [3.05, 3.63) is 54.1 Å². The first-order valence-corrected chi connectivity index (χ1v) is 8.74. The highest BCUT2D eigenvalue weighted by molar-refractivity contribution is 8.00. The molecule has 2 aromatic carbocycles. The number of methoxy groups -OCH3 is 1. The Labute approximate surface area is 141 Å². The average Bonchev–Trinajstić information content (AvgIpc) is 2.73. The van der Waals surface area contributed by atoms with Gasteiger partial charge in [-0.15, -0.1) is 11.8 Å². The lowest BCUT2D eigenvalue weighted by Gasteiger charge is -2.22. The third-order valence-electron chi connectivity index (χ3n) is 4.06. The minimum absolute atomic E-state index is 0.150. The van der Waals surface area contributed by atoms with Crippen LogP contribution in [0.4, 0.5) is 5.69 Å². The Morgan fingerprint density at radius 1 is 1.22 bits per heavy atom. The molecule has 1 atom stereocenters. The zero-order valence-corrected chi connectivity index (χ0v) is 14.3. The van der Waals surface area contributed by atoms with Gasteiger partial charge in [0.15, 0.2) is 0 Å². The quantitative estimate of drug-likeness (QED) is 0.848. The molecule has 0 radical (unpaired) electrons. The number of carbonyl (C=O) groups is 1. The van der Waals surface area contributed by atoms with Crippen LogP contribution < -0.4 is 9.64 Å². The van der Waals surface area contributed by atoms with Crippen LogP contribution in [0.2, 0.25) is 0 Å². The lowest BCUT2D eigenvalue weighted by atomic mass is 10.1. The number of amides is 1. The standard InChI is InChI=1S/C19H21NO2S/c1-14-11-12-20(17-5-3-4-6-18(17)23-14)19(21)13-15-7-9-16(22-2)10-8-15/h3-10,14H,11-13H2,1-2H3/t14-/m1/s1. The predicted molar refractivity (Wildman–Crippen MR) is 95.4 cm³/mol. The molecule has 0 unspecified atom stereocenters. The molecule has 1 amide bonds. The van der Waals surface area contributed by atoms with Crippen molar-refractivity contribution >= 4 is 23.4 Å². The SMILES string of the molecule is COc1ccc(CC(=O)N2CC[C@@H](C)Sc3ccccc32)cc1. The summed E-state index contributed by atoms with van der Waals surface area (Å²) in [5.41, 5.74) is 2.05. The van der Waals surface area contributed by atoms with Gasteiger partial charge in [0, 0.05) is 16.7 Å². The van der Waals surface area contributed by atoms with E-state index in [1.807, 2.05) is 59.1 Å². The second kappa shape index (κ2) is 7.09. The van der Waals surface area contributed by atoms with Crippen LogP contribution in [0.1, 0.15) is 18.9 Å². The van der Waals surface area contributed by atoms with E-state index in [0.29, 0.717) is 11.7 Å². The molecule has 0 saturated carbocycles. The summed E-state index contributed by atoms with van der Waals surface area (Å²) in [6, 6.07) is 15.9. The number of hydrogen-bond acceptors (Lipinski definition) is 3. The minimum Gasteiger partial charge on any atom is -0.497 e. The van der Waals surface area contributed by atoms with Crippen LogP contribution >= 0.6 is 11.8 Å². The maximum atomic E-state index is 12.8. The van der Waals surface area contributed by atoms with E-state index >= 15 is 0 Å². The lowest BCUT2D eigenvalue weighted by Crippen LogP contribution is -2.33. The first-order valence-electron chi connectivity index (χ1n) is 7.86. The molecule has 4 heteroatoms. The number of thioether (sulfide) groups is 1. The van der Waals surface area contributed by atoms with Crippen molar-refractivity contribution in [2.75, 3.05) is 18.6 Å². The number of para-hydroxylation sites is 1. The molecule has 0 aliphatic carbocycles. The molecule has 2 aromatic rings. The van der Waals surface area contributed by atoms with E-state index in [0.717, 1.165) is 30.0 Å². The Morgan fingerprint density at radius 2 is 1.96 bits per heavy atom. The summed E-state index contributed by atoms with van der Waals surface area (Å²) < 4.78 is 5.17. The highest BCUT2D eigenvalue weighted by Crippen LogP contribution is 2.37. The summed E-state index contributed by atoms with van der Waals surface area (Å²) in [7, 11) is 1.65. The molecule has 1 heterocycles. The van der Waals surface area contributed by atoms with Crippen molar-refractivity contribution in [1.29, 1.82) is 0 Å². The predicted octanol–water partition coefficient (Wildman–Crippen LogP) is 4.16. The van der Waals surface area contributed by atoms with Crippen LogP contribution in [-0.2, 0) is 11.2 Å². The second-order valence-corrected chi connectivity index (χ2v) is 7.24. The number of nitrogens with zero attached hydrogens (tertiary/aromatic N) is 1. The number of fused-ring (bicyclic) bond motifs is 1. The van der Waals surface area contributed by atoms with Crippen LogP contribution in [0.25, 0.3) is 0 Å². The fourth-order valence-electron chi connectivity index (χ4n) is 2.76. The molecule has 3 rings (SSSR count). The van der Waals surface area contributed by atoms with Crippen LogP contribution in [0.15, 0.2) is 53.4 Å². The van der Waals surface area contributed by atoms with Gasteiger partial charge in [-0.25, -0.2) is 0 Å². The van der Waals surface area contributed by atoms with Gasteiger partial charge < -0.3 is 9.64 Å². The summed E-state index contributed by atoms with van der Waals surface area (Å²) in [5.74, 6) is 0.962. The van der Waals surface area contributed by atoms with Crippen molar-refractivity contribution in [1.82, 2.24) is 0 Å². The second-order valence-electron chi connectivity index (χ2n) is 5.76. The molecule has 0 spiro atoms. The van der Waals surface area contributed by atoms with Gasteiger partial charge in [-0.1, -0.05) is 31.2 Å². The molecular weight excluding hydrogens is 306 g/mol. The first-order chi connectivity index (χ1) is 11.2. The first kappa shape index (κ1) is 15.9. The molecule has 120 valence electrons. The lowest BCUT2D eigenvalue weighted by molar-refractivity contribution is -0.118. The fourth-order valence-corrected chi connectivity index (χ4v) is 3.87. The largest absolute Gasteiger partial charge is 0.497 e. The molecule has 1 aliphatic heterocycles. The van der Waals surface area contributed by atoms with Gasteiger partial charge in [0.2, 0.25) is 5.91 Å². The van der Waals surface area contributed by atoms with E-state index < -0.39 is 0 Å². The van der Waals surface area contributed by atoms with Gasteiger partial charge in [0.1, 0.15) is 5.75 Å². The van der Waals surface area contributed by atoms with E-state index in [2.05, 4.69) is 13.0 Å². The summed E-state index contributed by atoms with van der Waals surface area (Å²) in [4.78, 5) is 16.0. The molecule has 1 aliphatic rings. The zero-order valence-electron chi connectivity index (χ0n) is 13.5. The number of ether oxygens (including phenoxy) is 1. The molecule has 23 heavy (non-hydrogen) atoms. The van der Waals surface area contributed by atoms with Crippen molar-refractivity contribution in [3.63, 3.8) is 0 Å². The normalized spacial score (nSPS) is 17.3. The number of rotatable bonds is 3. The topological polar surface area (TPSA) is 29.5 Å². The van der Waals surface area contributed by atoms with Crippen LogP contribution in [0.5, 0.6) is 5.75 Å². The van der Waals surface area contributed by atoms with Crippen LogP contribution in [0.3, 0.4) is 0 Å². The van der Waals surface area contributed by atoms with Gasteiger partial charge in [-0.05, 0) is 36.2 Å². The van der Waals surface area contributed by atoms with E-state index in [9.17, 15) is 4.79 Å². The third kappa shape index (κ3) is 3.70. The van der Waals surface area contributed by atoms with Crippen molar-refractivity contribution in [2.45, 2.75) is 29.9 Å². The Balaban J connectivity index is 1.80. The smallest absolute Gasteiger partial charge is 0.231 e. The molecule has 0 bridgehead atoms. The Kier molecular flexibility index (Phi) is 4.91. The van der Waals surface area contributed by atoms with Crippen molar-refractivity contribution < 1.29 is 9.53 Å². The number of benzene rings is 2. The molecule has 0 N–H and O–H groups in total. The number of anilines is 1. The van der Waals surface area contributed by atoms with E-state index in [-0.39, 0.29) is 5.91 Å². The highest BCUT2D eigenvalue weighted by Gasteiger charge is 2.23. The zero-order chi connectivity index (χ0) is 16.2. The van der Waals surface area contributed by atoms with Crippen LogP contribution in [-0.4, -0.2) is 24.8 Å². The van der Waals surface area contributed by atoms with Gasteiger partial charge in [0.25, 0.3) is 0 Å². The maximum absolute atomic E-state index is 12.8. The van der Waals surface area contributed by atoms with E-state index in [4.69, 9.17) is 4.74 Å². The third-order valence-corrected chi connectivity index (χ3v) is 5.30. The molecule has 0 saturated heterocycles. The maximum Gasteiger partial charge on any atom is 0.231 e. The van der Waals surface area contributed by atoms with E-state index in [1.54, 1.807) is 7.11 Å². The van der Waals surface area contributed by atoms with Gasteiger partial charge in [-0.2, -0.15) is 0 Å². The van der Waals surface area contributed by atoms with Gasteiger partial charge in [-0.3, -0.25) is 4.79 Å². The number of hydrogen-bond donors (Lipinski definition) is 0. The molecule has 0 fully saturated rings. The molecule has 0 aromatic heterocycles. The van der Waals surface area contributed by atoms with Crippen LogP contribution in [0, 0.1) is 0 Å². The fraction of sp³-hybridized carbons (Fsp3) is 0.316. The monoisotopic (exact) mass is 327 g/mol. The Bertz CT molecular complexity index is 684. The van der Waals surface area contributed by atoms with Gasteiger partial charge >= 0.3 is 0 Å². The highest BCUT2D eigenvalue weighted by atomic mass is 32.2. The minimum atomic E-state index is 0.150. The molecule has 3 nitrogen and oxygen atoms in total. The van der Waals surface area contributed by atoms with E-state index in [1.165, 1.54) is 4.90 Å². The van der Waals surface area contributed by atoms with Crippen molar-refractivity contribution in [3.8, 4) is 5.75 Å². The summed E-state index contributed by atoms with van der Waals surface area (Å²) >= 11 is 1.85. The van der Waals surface area contributed by atoms with Gasteiger partial charge in [0.05, 0.1) is 19.2 Å². The summed E-state index contributed by atoms with van der Waals surface area (Å²) in [5, 5.41) is 0.523. The summed E-state index contributed by atoms with van der Waals surface area (Å²) in [6.07, 6.45) is 1.42. The number of carbonyl (C=O) groups excluding carboxylic acids is 1. The van der Waals surface area contributed by atoms with Crippen molar-refractivity contribution in [2.24, 2.45) is 0 Å². The average molecular weight is 327 g/mol. The molecular formula is C19H21NO2S.